The van der Waals surface area contributed by atoms with Gasteiger partial charge in [0.2, 0.25) is 0 Å². The molecule has 3 aliphatic rings. The van der Waals surface area contributed by atoms with Crippen LogP contribution in [0, 0.1) is 24.7 Å². The van der Waals surface area contributed by atoms with Crippen molar-refractivity contribution >= 4 is 44.4 Å². The van der Waals surface area contributed by atoms with Gasteiger partial charge in [0.25, 0.3) is 5.91 Å². The molecular weight excluding hydrogens is 584 g/mol. The molecule has 45 heavy (non-hydrogen) atoms. The quantitative estimate of drug-likeness (QED) is 0.198. The Hall–Kier alpha value is -4.83. The fourth-order valence-electron chi connectivity index (χ4n) is 7.31. The van der Waals surface area contributed by atoms with E-state index in [-0.39, 0.29) is 11.6 Å². The molecule has 1 amide bonds. The van der Waals surface area contributed by atoms with E-state index < -0.39 is 5.97 Å². The van der Waals surface area contributed by atoms with Gasteiger partial charge in [-0.3, -0.25) is 14.8 Å². The maximum absolute atomic E-state index is 13.5. The second-order valence-electron chi connectivity index (χ2n) is 12.3. The number of benzene rings is 2. The molecule has 0 spiro atoms. The third-order valence-electron chi connectivity index (χ3n) is 9.66. The lowest BCUT2D eigenvalue weighted by atomic mass is 9.93. The van der Waals surface area contributed by atoms with Gasteiger partial charge in [0.1, 0.15) is 5.82 Å². The Bertz CT molecular complexity index is 1980. The van der Waals surface area contributed by atoms with E-state index in [4.69, 9.17) is 0 Å². The van der Waals surface area contributed by atoms with Crippen molar-refractivity contribution in [1.29, 1.82) is 0 Å². The molecule has 9 nitrogen and oxygen atoms in total. The first-order valence-electron chi connectivity index (χ1n) is 15.4. The molecule has 1 aliphatic heterocycles. The highest BCUT2D eigenvalue weighted by Crippen LogP contribution is 2.44. The van der Waals surface area contributed by atoms with Crippen LogP contribution in [0.5, 0.6) is 0 Å². The van der Waals surface area contributed by atoms with Gasteiger partial charge in [-0.25, -0.2) is 14.8 Å². The first kappa shape index (κ1) is 27.7. The molecule has 4 heterocycles. The number of fused-ring (bicyclic) bond motifs is 4. The third kappa shape index (κ3) is 4.99. The van der Waals surface area contributed by atoms with Crippen LogP contribution in [0.2, 0.25) is 0 Å². The second kappa shape index (κ2) is 11.0. The van der Waals surface area contributed by atoms with E-state index in [1.165, 1.54) is 24.2 Å². The fourth-order valence-corrected chi connectivity index (χ4v) is 8.17. The lowest BCUT2D eigenvalue weighted by Crippen LogP contribution is -2.33. The van der Waals surface area contributed by atoms with Gasteiger partial charge >= 0.3 is 5.97 Å². The zero-order valence-electron chi connectivity index (χ0n) is 24.8. The maximum atomic E-state index is 13.5. The molecule has 10 heteroatoms. The van der Waals surface area contributed by atoms with E-state index in [1.807, 2.05) is 71.1 Å². The van der Waals surface area contributed by atoms with Crippen LogP contribution in [0.3, 0.4) is 0 Å². The summed E-state index contributed by atoms with van der Waals surface area (Å²) in [6.45, 7) is 3.95. The van der Waals surface area contributed by atoms with Crippen molar-refractivity contribution in [2.75, 3.05) is 16.8 Å². The Morgan fingerprint density at radius 3 is 2.71 bits per heavy atom. The molecule has 5 aromatic rings. The van der Waals surface area contributed by atoms with E-state index in [0.717, 1.165) is 39.1 Å². The van der Waals surface area contributed by atoms with E-state index in [1.54, 1.807) is 6.20 Å². The lowest BCUT2D eigenvalue weighted by molar-refractivity contribution is 0.0691. The Kier molecular flexibility index (Phi) is 6.74. The Morgan fingerprint density at radius 2 is 1.91 bits per heavy atom. The highest BCUT2D eigenvalue weighted by molar-refractivity contribution is 7.22. The van der Waals surface area contributed by atoms with Gasteiger partial charge in [-0.1, -0.05) is 47.8 Å². The number of carbonyl (C=O) groups excluding carboxylic acids is 1. The number of nitrogens with zero attached hydrogens (tertiary/aromatic N) is 5. The van der Waals surface area contributed by atoms with Gasteiger partial charge in [-0.05, 0) is 85.4 Å². The predicted molar refractivity (Wildman–Crippen MR) is 175 cm³/mol. The summed E-state index contributed by atoms with van der Waals surface area (Å²) in [5.41, 5.74) is 5.77. The van der Waals surface area contributed by atoms with E-state index in [0.29, 0.717) is 59.3 Å². The Morgan fingerprint density at radius 1 is 1.02 bits per heavy atom. The smallest absolute Gasteiger partial charge is 0.355 e. The number of amides is 1. The molecule has 2 aliphatic carbocycles. The minimum absolute atomic E-state index is 0.00525. The summed E-state index contributed by atoms with van der Waals surface area (Å²) in [5.74, 6) is 1.16. The first-order valence-corrected chi connectivity index (χ1v) is 16.2. The summed E-state index contributed by atoms with van der Waals surface area (Å²) in [5, 5.41) is 18.4. The number of aromatic nitrogens is 4. The van der Waals surface area contributed by atoms with Crippen molar-refractivity contribution in [1.82, 2.24) is 19.7 Å². The van der Waals surface area contributed by atoms with Crippen LogP contribution in [0.15, 0.2) is 72.9 Å². The van der Waals surface area contributed by atoms with E-state index >= 15 is 0 Å². The average molecular weight is 617 g/mol. The minimum Gasteiger partial charge on any atom is -0.476 e. The summed E-state index contributed by atoms with van der Waals surface area (Å²) in [7, 11) is 0. The number of hydrogen-bond donors (Lipinski definition) is 2. The molecule has 8 rings (SSSR count). The number of carboxylic acid groups (broad SMARTS) is 1. The molecule has 3 aromatic heterocycles. The van der Waals surface area contributed by atoms with Gasteiger partial charge < -0.3 is 10.0 Å². The van der Waals surface area contributed by atoms with Crippen LogP contribution in [-0.4, -0.2) is 43.3 Å². The summed E-state index contributed by atoms with van der Waals surface area (Å²) >= 11 is 1.44. The summed E-state index contributed by atoms with van der Waals surface area (Å²) < 4.78 is 3.04. The molecule has 0 unspecified atom stereocenters. The van der Waals surface area contributed by atoms with Gasteiger partial charge in [0.05, 0.1) is 16.4 Å². The number of para-hydroxylation sites is 1. The summed E-state index contributed by atoms with van der Waals surface area (Å²) in [4.78, 5) is 37.3. The number of hydrogen-bond acceptors (Lipinski definition) is 7. The summed E-state index contributed by atoms with van der Waals surface area (Å²) in [6.07, 6.45) is 9.61. The molecule has 0 radical (unpaired) electrons. The van der Waals surface area contributed by atoms with Gasteiger partial charge in [-0.15, -0.1) is 0 Å². The molecule has 1 fully saturated rings. The zero-order valence-corrected chi connectivity index (χ0v) is 25.6. The maximum Gasteiger partial charge on any atom is 0.355 e. The number of anilines is 2. The molecule has 0 saturated heterocycles. The van der Waals surface area contributed by atoms with Crippen molar-refractivity contribution in [2.24, 2.45) is 17.8 Å². The highest BCUT2D eigenvalue weighted by atomic mass is 32.1. The van der Waals surface area contributed by atoms with Crippen molar-refractivity contribution < 1.29 is 14.7 Å². The second-order valence-corrected chi connectivity index (χ2v) is 13.3. The van der Waals surface area contributed by atoms with Crippen molar-refractivity contribution in [3.8, 4) is 11.1 Å². The number of pyridine rings is 1. The predicted octanol–water partition coefficient (Wildman–Crippen LogP) is 6.59. The lowest BCUT2D eigenvalue weighted by Gasteiger charge is -2.31. The van der Waals surface area contributed by atoms with Crippen molar-refractivity contribution in [3.63, 3.8) is 0 Å². The normalized spacial score (nSPS) is 20.1. The SMILES string of the molecule is Cc1c(-c2ccc(N3CCc4cccc(C(=O)Nc5nc6ccccc6s5)c4C3)nc2C(=O)O)cnn1C[C@@H]1C[C@@H]2C=C[C@H]1C2. The van der Waals surface area contributed by atoms with Crippen LogP contribution in [-0.2, 0) is 19.5 Å². The van der Waals surface area contributed by atoms with Crippen LogP contribution in [0.25, 0.3) is 21.3 Å². The Labute approximate surface area is 264 Å². The van der Waals surface area contributed by atoms with Crippen LogP contribution in [0.4, 0.5) is 10.9 Å². The fraction of sp³-hybridized carbons (Fsp3) is 0.286. The number of carboxylic acids is 1. The standard InChI is InChI=1S/C35H32N6O3S/c1-20-27(17-36-41(20)18-24-16-21-9-10-23(24)15-21)25-11-12-31(38-32(25)34(43)44)40-14-13-22-5-4-6-26(28(22)19-40)33(42)39-35-37-29-7-2-3-8-30(29)45-35/h2-12,17,21,23-24H,13-16,18-19H2,1H3,(H,43,44)(H,37,39,42)/t21-,23+,24+/m1/s1. The van der Waals surface area contributed by atoms with E-state index in [2.05, 4.69) is 32.5 Å². The molecule has 3 atom stereocenters. The molecule has 2 aromatic carbocycles. The molecule has 1 saturated carbocycles. The zero-order chi connectivity index (χ0) is 30.7. The monoisotopic (exact) mass is 616 g/mol. The van der Waals surface area contributed by atoms with Crippen molar-refractivity contribution in [3.05, 3.63) is 101 Å². The van der Waals surface area contributed by atoms with Gasteiger partial charge in [0, 0.05) is 42.0 Å². The van der Waals surface area contributed by atoms with Crippen molar-refractivity contribution in [2.45, 2.75) is 39.3 Å². The topological polar surface area (TPSA) is 113 Å². The number of nitrogens with one attached hydrogen (secondary N) is 1. The van der Waals surface area contributed by atoms with Crippen LogP contribution >= 0.6 is 11.3 Å². The summed E-state index contributed by atoms with van der Waals surface area (Å²) in [6, 6.07) is 17.3. The Balaban J connectivity index is 1.05. The first-order chi connectivity index (χ1) is 21.9. The molecule has 2 N–H and O–H groups in total. The van der Waals surface area contributed by atoms with Crippen LogP contribution < -0.4 is 10.2 Å². The van der Waals surface area contributed by atoms with Crippen LogP contribution in [0.1, 0.15) is 50.5 Å². The number of aromatic carboxylic acids is 1. The van der Waals surface area contributed by atoms with Gasteiger partial charge in [-0.2, -0.15) is 5.10 Å². The molecular formula is C35H32N6O3S. The van der Waals surface area contributed by atoms with Gasteiger partial charge in [0.15, 0.2) is 10.8 Å². The number of thiazole rings is 1. The van der Waals surface area contributed by atoms with E-state index in [9.17, 15) is 14.7 Å². The number of allylic oxidation sites excluding steroid dienone is 2. The highest BCUT2D eigenvalue weighted by Gasteiger charge is 2.36. The molecule has 2 bridgehead atoms. The largest absolute Gasteiger partial charge is 0.476 e. The number of carbonyl (C=O) groups is 2. The third-order valence-corrected chi connectivity index (χ3v) is 10.6. The average Bonchev–Trinajstić information content (AvgIpc) is 3.85. The molecule has 226 valence electrons. The minimum atomic E-state index is -1.08. The number of rotatable bonds is 7.